The van der Waals surface area contributed by atoms with Crippen LogP contribution in [0.3, 0.4) is 0 Å². The molecule has 1 heterocycles. The van der Waals surface area contributed by atoms with Crippen molar-refractivity contribution in [2.75, 3.05) is 18.6 Å². The predicted octanol–water partition coefficient (Wildman–Crippen LogP) is -0.453. The van der Waals surface area contributed by atoms with Crippen molar-refractivity contribution in [3.63, 3.8) is 0 Å². The third kappa shape index (κ3) is 3.46. The lowest BCUT2D eigenvalue weighted by molar-refractivity contribution is -0.149. The first-order chi connectivity index (χ1) is 8.79. The number of carbonyl (C=O) groups excluding carboxylic acids is 2. The zero-order valence-corrected chi connectivity index (χ0v) is 12.1. The summed E-state index contributed by atoms with van der Waals surface area (Å²) < 4.78 is 22.3. The van der Waals surface area contributed by atoms with Crippen molar-refractivity contribution in [1.29, 1.82) is 0 Å². The molecular formula is C12H20N2O4S. The average Bonchev–Trinajstić information content (AvgIpc) is 3.07. The number of nitrogens with one attached hydrogen (secondary N) is 1. The third-order valence-corrected chi connectivity index (χ3v) is 4.63. The Hall–Kier alpha value is -1.11. The predicted molar refractivity (Wildman–Crippen MR) is 70.2 cm³/mol. The van der Waals surface area contributed by atoms with Crippen molar-refractivity contribution in [3.8, 4) is 0 Å². The number of carbonyl (C=O) groups is 2. The van der Waals surface area contributed by atoms with Crippen LogP contribution in [0.2, 0.25) is 0 Å². The number of sulfone groups is 1. The molecule has 1 aliphatic heterocycles. The summed E-state index contributed by atoms with van der Waals surface area (Å²) in [6, 6.07) is -0.913. The van der Waals surface area contributed by atoms with Gasteiger partial charge in [-0.25, -0.2) is 8.42 Å². The molecule has 0 aromatic rings. The van der Waals surface area contributed by atoms with E-state index in [2.05, 4.69) is 5.32 Å². The molecule has 1 N–H and O–H groups in total. The van der Waals surface area contributed by atoms with Gasteiger partial charge in [-0.15, -0.1) is 0 Å². The maximum Gasteiger partial charge on any atom is 0.245 e. The van der Waals surface area contributed by atoms with E-state index in [9.17, 15) is 18.0 Å². The second-order valence-electron chi connectivity index (χ2n) is 5.53. The van der Waals surface area contributed by atoms with Crippen LogP contribution in [-0.4, -0.2) is 55.8 Å². The second kappa shape index (κ2) is 5.11. The molecule has 0 bridgehead atoms. The Labute approximate surface area is 113 Å². The molecule has 1 aliphatic carbocycles. The fourth-order valence-corrected chi connectivity index (χ4v) is 3.17. The summed E-state index contributed by atoms with van der Waals surface area (Å²) in [5.74, 6) is 0.0816. The molecule has 1 saturated heterocycles. The molecule has 2 aliphatic rings. The first-order valence-electron chi connectivity index (χ1n) is 6.58. The van der Waals surface area contributed by atoms with E-state index >= 15 is 0 Å². The molecule has 0 aromatic heterocycles. The van der Waals surface area contributed by atoms with Crippen LogP contribution in [0.5, 0.6) is 0 Å². The maximum absolute atomic E-state index is 12.1. The molecule has 7 heteroatoms. The third-order valence-electron chi connectivity index (χ3n) is 3.60. The van der Waals surface area contributed by atoms with E-state index < -0.39 is 21.9 Å². The van der Waals surface area contributed by atoms with E-state index in [0.717, 1.165) is 12.8 Å². The Balaban J connectivity index is 2.04. The van der Waals surface area contributed by atoms with Crippen molar-refractivity contribution >= 4 is 21.7 Å². The van der Waals surface area contributed by atoms with Crippen molar-refractivity contribution in [2.24, 2.45) is 5.92 Å². The van der Waals surface area contributed by atoms with Gasteiger partial charge in [0.05, 0.1) is 5.75 Å². The summed E-state index contributed by atoms with van der Waals surface area (Å²) in [5, 5.41) is 2.69. The minimum Gasteiger partial charge on any atom is -0.343 e. The Morgan fingerprint density at radius 3 is 2.47 bits per heavy atom. The first-order valence-corrected chi connectivity index (χ1v) is 8.64. The molecular weight excluding hydrogens is 268 g/mol. The highest BCUT2D eigenvalue weighted by Gasteiger charge is 2.46. The smallest absolute Gasteiger partial charge is 0.245 e. The lowest BCUT2D eigenvalue weighted by Gasteiger charge is -2.38. The lowest BCUT2D eigenvalue weighted by Crippen LogP contribution is -2.63. The van der Waals surface area contributed by atoms with E-state index in [1.165, 1.54) is 6.26 Å². The topological polar surface area (TPSA) is 83.6 Å². The van der Waals surface area contributed by atoms with Gasteiger partial charge in [-0.05, 0) is 32.1 Å². The summed E-state index contributed by atoms with van der Waals surface area (Å²) in [4.78, 5) is 25.7. The highest BCUT2D eigenvalue weighted by atomic mass is 32.2. The normalized spacial score (nSPS) is 28.4. The van der Waals surface area contributed by atoms with Gasteiger partial charge in [0.25, 0.3) is 0 Å². The van der Waals surface area contributed by atoms with Crippen LogP contribution < -0.4 is 5.32 Å². The Morgan fingerprint density at radius 2 is 1.95 bits per heavy atom. The molecule has 0 aromatic carbocycles. The summed E-state index contributed by atoms with van der Waals surface area (Å²) in [6.45, 7) is 2.00. The number of nitrogens with zero attached hydrogens (tertiary/aromatic N) is 1. The second-order valence-corrected chi connectivity index (χ2v) is 7.79. The fourth-order valence-electron chi connectivity index (χ4n) is 2.51. The number of rotatable bonds is 5. The van der Waals surface area contributed by atoms with Gasteiger partial charge >= 0.3 is 0 Å². The van der Waals surface area contributed by atoms with Crippen LogP contribution in [0, 0.1) is 5.92 Å². The maximum atomic E-state index is 12.1. The Morgan fingerprint density at radius 1 is 1.32 bits per heavy atom. The molecule has 2 amide bonds. The summed E-state index contributed by atoms with van der Waals surface area (Å²) in [5.41, 5.74) is 0. The van der Waals surface area contributed by atoms with Crippen LogP contribution in [0.25, 0.3) is 0 Å². The summed E-state index contributed by atoms with van der Waals surface area (Å²) in [6.07, 6.45) is 3.48. The molecule has 1 saturated carbocycles. The van der Waals surface area contributed by atoms with Gasteiger partial charge in [-0.2, -0.15) is 0 Å². The van der Waals surface area contributed by atoms with Crippen molar-refractivity contribution in [3.05, 3.63) is 0 Å². The molecule has 0 spiro atoms. The van der Waals surface area contributed by atoms with Crippen LogP contribution in [0.1, 0.15) is 26.2 Å². The molecule has 2 rings (SSSR count). The van der Waals surface area contributed by atoms with Gasteiger partial charge in [0.15, 0.2) is 0 Å². The van der Waals surface area contributed by atoms with Gasteiger partial charge < -0.3 is 10.2 Å². The van der Waals surface area contributed by atoms with E-state index in [4.69, 9.17) is 0 Å². The van der Waals surface area contributed by atoms with Gasteiger partial charge in [-0.1, -0.05) is 0 Å². The first kappa shape index (κ1) is 14.3. The van der Waals surface area contributed by atoms with E-state index in [-0.39, 0.29) is 23.5 Å². The Bertz CT molecular complexity index is 484. The molecule has 19 heavy (non-hydrogen) atoms. The lowest BCUT2D eigenvalue weighted by atomic mass is 10.0. The minimum atomic E-state index is -3.03. The highest BCUT2D eigenvalue weighted by molar-refractivity contribution is 7.90. The van der Waals surface area contributed by atoms with Gasteiger partial charge in [0, 0.05) is 12.8 Å². The molecule has 2 fully saturated rings. The summed E-state index contributed by atoms with van der Waals surface area (Å²) >= 11 is 0. The highest BCUT2D eigenvalue weighted by Crippen LogP contribution is 2.37. The zero-order chi connectivity index (χ0) is 14.2. The Kier molecular flexibility index (Phi) is 3.85. The number of hydrogen-bond donors (Lipinski definition) is 1. The largest absolute Gasteiger partial charge is 0.343 e. The van der Waals surface area contributed by atoms with Crippen LogP contribution in [0.15, 0.2) is 0 Å². The van der Waals surface area contributed by atoms with Crippen molar-refractivity contribution in [1.82, 2.24) is 10.2 Å². The zero-order valence-electron chi connectivity index (χ0n) is 11.3. The molecule has 2 atom stereocenters. The van der Waals surface area contributed by atoms with E-state index in [0.29, 0.717) is 13.0 Å². The van der Waals surface area contributed by atoms with Crippen LogP contribution in [-0.2, 0) is 19.4 Å². The molecule has 0 radical (unpaired) electrons. The molecule has 2 unspecified atom stereocenters. The average molecular weight is 288 g/mol. The van der Waals surface area contributed by atoms with Crippen molar-refractivity contribution < 1.29 is 18.0 Å². The van der Waals surface area contributed by atoms with E-state index in [1.807, 2.05) is 0 Å². The number of piperazine rings is 1. The number of amides is 2. The van der Waals surface area contributed by atoms with Gasteiger partial charge in [0.2, 0.25) is 11.8 Å². The van der Waals surface area contributed by atoms with Crippen molar-refractivity contribution in [2.45, 2.75) is 38.3 Å². The van der Waals surface area contributed by atoms with Gasteiger partial charge in [0.1, 0.15) is 21.9 Å². The molecule has 6 nitrogen and oxygen atoms in total. The SMILES string of the molecule is CC1NC(=O)C(C2CC2)N(CCCS(C)(=O)=O)C1=O. The molecule has 108 valence electrons. The number of hydrogen-bond acceptors (Lipinski definition) is 4. The van der Waals surface area contributed by atoms with Crippen LogP contribution in [0.4, 0.5) is 0 Å². The van der Waals surface area contributed by atoms with Crippen LogP contribution >= 0.6 is 0 Å². The van der Waals surface area contributed by atoms with Gasteiger partial charge in [-0.3, -0.25) is 9.59 Å². The monoisotopic (exact) mass is 288 g/mol. The fraction of sp³-hybridized carbons (Fsp3) is 0.833. The minimum absolute atomic E-state index is 0.0458. The van der Waals surface area contributed by atoms with E-state index in [1.54, 1.807) is 11.8 Å². The summed E-state index contributed by atoms with van der Waals surface area (Å²) in [7, 11) is -3.03. The standard InChI is InChI=1S/C12H20N2O4S/c1-8-12(16)14(6-3-7-19(2,17)18)10(9-4-5-9)11(15)13-8/h8-10H,3-7H2,1-2H3,(H,13,15). The quantitative estimate of drug-likeness (QED) is 0.742.